The van der Waals surface area contributed by atoms with Crippen LogP contribution in [0.4, 0.5) is 4.79 Å². The van der Waals surface area contributed by atoms with E-state index < -0.39 is 0 Å². The number of nitrogens with zero attached hydrogens (tertiary/aromatic N) is 3. The maximum atomic E-state index is 13.4. The Morgan fingerprint density at radius 1 is 0.867 bits per heavy atom. The third-order valence-electron chi connectivity index (χ3n) is 5.28. The average Bonchev–Trinajstić information content (AvgIpc) is 2.80. The monoisotopic (exact) mass is 405 g/mol. The van der Waals surface area contributed by atoms with Crippen LogP contribution in [0.3, 0.4) is 0 Å². The van der Waals surface area contributed by atoms with Crippen LogP contribution in [0.15, 0.2) is 65.6 Å². The number of aromatic nitrogens is 1. The Morgan fingerprint density at radius 2 is 1.47 bits per heavy atom. The van der Waals surface area contributed by atoms with Crippen LogP contribution < -0.4 is 5.56 Å². The molecule has 2 aromatic carbocycles. The van der Waals surface area contributed by atoms with Gasteiger partial charge >= 0.3 is 6.09 Å². The van der Waals surface area contributed by atoms with Crippen LogP contribution in [0.5, 0.6) is 0 Å². The molecule has 7 nitrogen and oxygen atoms in total. The number of hydrogen-bond acceptors (Lipinski definition) is 4. The lowest BCUT2D eigenvalue weighted by atomic mass is 10.1. The van der Waals surface area contributed by atoms with Crippen molar-refractivity contribution in [2.45, 2.75) is 6.92 Å². The molecule has 2 heterocycles. The first-order chi connectivity index (χ1) is 14.6. The largest absolute Gasteiger partial charge is 0.450 e. The van der Waals surface area contributed by atoms with Gasteiger partial charge in [-0.2, -0.15) is 0 Å². The number of piperazine rings is 1. The fourth-order valence-electron chi connectivity index (χ4n) is 3.72. The van der Waals surface area contributed by atoms with Gasteiger partial charge in [0.1, 0.15) is 0 Å². The summed E-state index contributed by atoms with van der Waals surface area (Å²) in [5, 5.41) is 1.13. The van der Waals surface area contributed by atoms with E-state index in [0.717, 1.165) is 0 Å². The summed E-state index contributed by atoms with van der Waals surface area (Å²) >= 11 is 0. The van der Waals surface area contributed by atoms with E-state index in [1.807, 2.05) is 36.4 Å². The topological polar surface area (TPSA) is 71.8 Å². The second-order valence-corrected chi connectivity index (χ2v) is 7.08. The second-order valence-electron chi connectivity index (χ2n) is 7.08. The Labute approximate surface area is 174 Å². The first kappa shape index (κ1) is 19.7. The summed E-state index contributed by atoms with van der Waals surface area (Å²) in [5.74, 6) is -0.153. The van der Waals surface area contributed by atoms with E-state index in [1.54, 1.807) is 41.1 Å². The van der Waals surface area contributed by atoms with Crippen LogP contribution in [0, 0.1) is 0 Å². The Morgan fingerprint density at radius 3 is 2.13 bits per heavy atom. The van der Waals surface area contributed by atoms with Gasteiger partial charge in [0.05, 0.1) is 12.2 Å². The van der Waals surface area contributed by atoms with Gasteiger partial charge in [0.25, 0.3) is 11.5 Å². The van der Waals surface area contributed by atoms with Crippen LogP contribution in [0.1, 0.15) is 17.3 Å². The molecule has 154 valence electrons. The number of rotatable bonds is 3. The molecule has 1 aliphatic heterocycles. The molecule has 1 aromatic heterocycles. The van der Waals surface area contributed by atoms with Gasteiger partial charge in [0, 0.05) is 48.8 Å². The van der Waals surface area contributed by atoms with Crippen molar-refractivity contribution < 1.29 is 14.3 Å². The number of para-hydroxylation sites is 1. The Kier molecular flexibility index (Phi) is 5.52. The lowest BCUT2D eigenvalue weighted by Crippen LogP contribution is -2.50. The molecule has 1 saturated heterocycles. The first-order valence-electron chi connectivity index (χ1n) is 10.0. The summed E-state index contributed by atoms with van der Waals surface area (Å²) < 4.78 is 6.56. The molecular weight excluding hydrogens is 382 g/mol. The number of pyridine rings is 1. The Balaban J connectivity index is 1.69. The zero-order valence-electron chi connectivity index (χ0n) is 16.8. The van der Waals surface area contributed by atoms with Crippen LogP contribution in [-0.4, -0.2) is 59.2 Å². The molecule has 0 atom stereocenters. The van der Waals surface area contributed by atoms with Gasteiger partial charge in [0.2, 0.25) is 0 Å². The van der Waals surface area contributed by atoms with Crippen molar-refractivity contribution in [1.82, 2.24) is 14.4 Å². The quantitative estimate of drug-likeness (QED) is 0.672. The van der Waals surface area contributed by atoms with Crippen molar-refractivity contribution in [3.63, 3.8) is 0 Å². The molecule has 7 heteroatoms. The molecule has 0 N–H and O–H groups in total. The normalized spacial score (nSPS) is 14.0. The highest BCUT2D eigenvalue weighted by molar-refractivity contribution is 6.06. The fourth-order valence-corrected chi connectivity index (χ4v) is 3.72. The van der Waals surface area contributed by atoms with Crippen molar-refractivity contribution in [2.75, 3.05) is 32.8 Å². The third-order valence-corrected chi connectivity index (χ3v) is 5.28. The number of carbonyl (C=O) groups excluding carboxylic acids is 2. The number of carbonyl (C=O) groups is 2. The van der Waals surface area contributed by atoms with Crippen LogP contribution >= 0.6 is 0 Å². The molecule has 0 radical (unpaired) electrons. The maximum absolute atomic E-state index is 13.4. The van der Waals surface area contributed by atoms with E-state index in [2.05, 4.69) is 0 Å². The standard InChI is InChI=1S/C23H23N3O4/c1-2-30-23(29)25-14-12-24(13-15-25)21(27)20-16-26(17-8-4-3-5-9-17)22(28)19-11-7-6-10-18(19)20/h3-11,16H,2,12-15H2,1H3. The number of fused-ring (bicyclic) bond motifs is 1. The Hall–Kier alpha value is -3.61. The van der Waals surface area contributed by atoms with Crippen molar-refractivity contribution in [3.05, 3.63) is 76.7 Å². The summed E-state index contributed by atoms with van der Waals surface area (Å²) in [6.07, 6.45) is 1.27. The van der Waals surface area contributed by atoms with Gasteiger partial charge in [-0.15, -0.1) is 0 Å². The summed E-state index contributed by atoms with van der Waals surface area (Å²) in [6.45, 7) is 3.75. The predicted molar refractivity (Wildman–Crippen MR) is 114 cm³/mol. The Bertz CT molecular complexity index is 1130. The van der Waals surface area contributed by atoms with E-state index in [4.69, 9.17) is 4.74 Å². The minimum atomic E-state index is -0.354. The molecule has 0 aliphatic carbocycles. The minimum Gasteiger partial charge on any atom is -0.450 e. The highest BCUT2D eigenvalue weighted by atomic mass is 16.6. The van der Waals surface area contributed by atoms with Gasteiger partial charge in [-0.3, -0.25) is 14.2 Å². The van der Waals surface area contributed by atoms with Crippen LogP contribution in [0.25, 0.3) is 16.5 Å². The van der Waals surface area contributed by atoms with E-state index in [1.165, 1.54) is 4.57 Å². The van der Waals surface area contributed by atoms with Gasteiger partial charge < -0.3 is 14.5 Å². The van der Waals surface area contributed by atoms with Crippen LogP contribution in [-0.2, 0) is 4.74 Å². The first-order valence-corrected chi connectivity index (χ1v) is 10.0. The van der Waals surface area contributed by atoms with Crippen molar-refractivity contribution >= 4 is 22.8 Å². The van der Waals surface area contributed by atoms with Crippen LogP contribution in [0.2, 0.25) is 0 Å². The van der Waals surface area contributed by atoms with E-state index in [0.29, 0.717) is 54.8 Å². The van der Waals surface area contributed by atoms with Crippen molar-refractivity contribution in [2.24, 2.45) is 0 Å². The highest BCUT2D eigenvalue weighted by Gasteiger charge is 2.27. The van der Waals surface area contributed by atoms with Crippen molar-refractivity contribution in [1.29, 1.82) is 0 Å². The summed E-state index contributed by atoms with van der Waals surface area (Å²) in [4.78, 5) is 41.7. The number of ether oxygens (including phenoxy) is 1. The van der Waals surface area contributed by atoms with Crippen molar-refractivity contribution in [3.8, 4) is 5.69 Å². The molecular formula is C23H23N3O4. The molecule has 0 unspecified atom stereocenters. The number of amides is 2. The minimum absolute atomic E-state index is 0.153. The van der Waals surface area contributed by atoms with Gasteiger partial charge in [-0.05, 0) is 25.1 Å². The molecule has 3 aromatic rings. The second kappa shape index (κ2) is 8.41. The predicted octanol–water partition coefficient (Wildman–Crippen LogP) is 2.91. The van der Waals surface area contributed by atoms with Gasteiger partial charge in [-0.1, -0.05) is 36.4 Å². The lowest BCUT2D eigenvalue weighted by molar-refractivity contribution is 0.0571. The summed E-state index contributed by atoms with van der Waals surface area (Å²) in [7, 11) is 0. The van der Waals surface area contributed by atoms with Gasteiger partial charge in [0.15, 0.2) is 0 Å². The van der Waals surface area contributed by atoms with Gasteiger partial charge in [-0.25, -0.2) is 4.79 Å². The highest BCUT2D eigenvalue weighted by Crippen LogP contribution is 2.20. The fraction of sp³-hybridized carbons (Fsp3) is 0.261. The molecule has 4 rings (SSSR count). The number of hydrogen-bond donors (Lipinski definition) is 0. The molecule has 0 bridgehead atoms. The molecule has 1 aliphatic rings. The average molecular weight is 405 g/mol. The SMILES string of the molecule is CCOC(=O)N1CCN(C(=O)c2cn(-c3ccccc3)c(=O)c3ccccc23)CC1. The molecule has 0 spiro atoms. The van der Waals surface area contributed by atoms with E-state index >= 15 is 0 Å². The molecule has 2 amide bonds. The molecule has 0 saturated carbocycles. The molecule has 30 heavy (non-hydrogen) atoms. The molecule has 1 fully saturated rings. The zero-order chi connectivity index (χ0) is 21.1. The lowest BCUT2D eigenvalue weighted by Gasteiger charge is -2.34. The smallest absolute Gasteiger partial charge is 0.409 e. The summed E-state index contributed by atoms with van der Waals surface area (Å²) in [6, 6.07) is 16.4. The van der Waals surface area contributed by atoms with E-state index in [9.17, 15) is 14.4 Å². The van der Waals surface area contributed by atoms with E-state index in [-0.39, 0.29) is 17.6 Å². The summed E-state index contributed by atoms with van der Waals surface area (Å²) in [5.41, 5.74) is 1.01. The third kappa shape index (κ3) is 3.66. The number of benzene rings is 2. The zero-order valence-corrected chi connectivity index (χ0v) is 16.8. The maximum Gasteiger partial charge on any atom is 0.409 e.